The van der Waals surface area contributed by atoms with Crippen LogP contribution in [-0.4, -0.2) is 37.6 Å². The summed E-state index contributed by atoms with van der Waals surface area (Å²) in [6.45, 7) is 4.53. The number of halogens is 1. The molecule has 0 atom stereocenters. The Kier molecular flexibility index (Phi) is 5.55. The Morgan fingerprint density at radius 1 is 1.15 bits per heavy atom. The normalized spacial score (nSPS) is 10.5. The van der Waals surface area contributed by atoms with Crippen LogP contribution in [0, 0.1) is 0 Å². The predicted molar refractivity (Wildman–Crippen MR) is 79.0 cm³/mol. The smallest absolute Gasteiger partial charge is 0.228 e. The number of rotatable bonds is 8. The lowest BCUT2D eigenvalue weighted by Crippen LogP contribution is -2.11. The van der Waals surface area contributed by atoms with Crippen LogP contribution >= 0.6 is 11.6 Å². The number of hydrogen-bond acceptors (Lipinski definition) is 6. The van der Waals surface area contributed by atoms with Crippen LogP contribution in [-0.2, 0) is 6.54 Å². The molecule has 2 aromatic rings. The zero-order valence-corrected chi connectivity index (χ0v) is 12.1. The van der Waals surface area contributed by atoms with Crippen molar-refractivity contribution in [1.29, 1.82) is 0 Å². The van der Waals surface area contributed by atoms with E-state index >= 15 is 0 Å². The van der Waals surface area contributed by atoms with Crippen molar-refractivity contribution >= 4 is 23.5 Å². The van der Waals surface area contributed by atoms with Crippen molar-refractivity contribution in [2.75, 3.05) is 23.7 Å². The summed E-state index contributed by atoms with van der Waals surface area (Å²) in [6.07, 6.45) is 7.44. The maximum atomic E-state index is 5.87. The lowest BCUT2D eigenvalue weighted by molar-refractivity contribution is 0.659. The zero-order valence-electron chi connectivity index (χ0n) is 11.4. The minimum atomic E-state index is 0.190. The molecular formula is C12H18ClN7. The second-order valence-corrected chi connectivity index (χ2v) is 4.60. The molecule has 0 aliphatic heterocycles. The van der Waals surface area contributed by atoms with Gasteiger partial charge in [-0.05, 0) is 24.4 Å². The zero-order chi connectivity index (χ0) is 14.2. The minimum Gasteiger partial charge on any atom is -0.354 e. The largest absolute Gasteiger partial charge is 0.354 e. The van der Waals surface area contributed by atoms with Gasteiger partial charge < -0.3 is 15.2 Å². The standard InChI is InChI=1S/C12H18ClN7/c1-2-4-15-11-17-10(13)18-12(19-11)16-5-3-7-20-8-6-14-9-20/h6,8-9H,2-5,7H2,1H3,(H2,15,16,17,18,19). The second-order valence-electron chi connectivity index (χ2n) is 4.26. The van der Waals surface area contributed by atoms with Crippen molar-refractivity contribution in [1.82, 2.24) is 24.5 Å². The Hall–Kier alpha value is -1.89. The number of anilines is 2. The van der Waals surface area contributed by atoms with Gasteiger partial charge in [0, 0.05) is 32.0 Å². The first kappa shape index (κ1) is 14.5. The van der Waals surface area contributed by atoms with Crippen molar-refractivity contribution in [3.05, 3.63) is 24.0 Å². The van der Waals surface area contributed by atoms with Crippen molar-refractivity contribution in [2.24, 2.45) is 0 Å². The molecule has 0 bridgehead atoms. The van der Waals surface area contributed by atoms with Gasteiger partial charge in [-0.25, -0.2) is 4.98 Å². The molecule has 0 saturated heterocycles. The van der Waals surface area contributed by atoms with E-state index in [0.717, 1.165) is 32.5 Å². The van der Waals surface area contributed by atoms with E-state index in [2.05, 4.69) is 37.5 Å². The fourth-order valence-corrected chi connectivity index (χ4v) is 1.79. The quantitative estimate of drug-likeness (QED) is 0.726. The highest BCUT2D eigenvalue weighted by molar-refractivity contribution is 6.28. The number of aromatic nitrogens is 5. The van der Waals surface area contributed by atoms with Gasteiger partial charge in [0.2, 0.25) is 17.2 Å². The summed E-state index contributed by atoms with van der Waals surface area (Å²) in [5, 5.41) is 6.42. The number of imidazole rings is 1. The van der Waals surface area contributed by atoms with Gasteiger partial charge in [0.25, 0.3) is 0 Å². The highest BCUT2D eigenvalue weighted by Crippen LogP contribution is 2.09. The summed E-state index contributed by atoms with van der Waals surface area (Å²) in [4.78, 5) is 16.3. The lowest BCUT2D eigenvalue weighted by atomic mass is 10.4. The molecule has 2 aromatic heterocycles. The number of nitrogens with one attached hydrogen (secondary N) is 2. The van der Waals surface area contributed by atoms with E-state index < -0.39 is 0 Å². The minimum absolute atomic E-state index is 0.190. The first-order valence-corrected chi connectivity index (χ1v) is 7.01. The summed E-state index contributed by atoms with van der Waals surface area (Å²) in [5.74, 6) is 0.998. The van der Waals surface area contributed by atoms with Crippen molar-refractivity contribution in [3.8, 4) is 0 Å². The molecule has 0 aliphatic rings. The molecule has 0 unspecified atom stereocenters. The molecule has 0 aliphatic carbocycles. The van der Waals surface area contributed by atoms with E-state index in [9.17, 15) is 0 Å². The summed E-state index contributed by atoms with van der Waals surface area (Å²) >= 11 is 5.87. The van der Waals surface area contributed by atoms with Crippen LogP contribution in [0.15, 0.2) is 18.7 Å². The molecule has 0 saturated carbocycles. The van der Waals surface area contributed by atoms with E-state index in [4.69, 9.17) is 11.6 Å². The highest BCUT2D eigenvalue weighted by Gasteiger charge is 2.03. The molecule has 8 heteroatoms. The van der Waals surface area contributed by atoms with Gasteiger partial charge in [0.1, 0.15) is 0 Å². The Bertz CT molecular complexity index is 515. The van der Waals surface area contributed by atoms with Crippen molar-refractivity contribution in [2.45, 2.75) is 26.3 Å². The van der Waals surface area contributed by atoms with Crippen LogP contribution < -0.4 is 10.6 Å². The molecule has 2 heterocycles. The Labute approximate surface area is 122 Å². The second kappa shape index (κ2) is 7.64. The van der Waals surface area contributed by atoms with Crippen LogP contribution in [0.2, 0.25) is 5.28 Å². The van der Waals surface area contributed by atoms with Gasteiger partial charge in [0.15, 0.2) is 0 Å². The molecule has 20 heavy (non-hydrogen) atoms. The number of hydrogen-bond donors (Lipinski definition) is 2. The van der Waals surface area contributed by atoms with E-state index in [1.807, 2.05) is 10.8 Å². The van der Waals surface area contributed by atoms with Crippen LogP contribution in [0.5, 0.6) is 0 Å². The van der Waals surface area contributed by atoms with Crippen LogP contribution in [0.25, 0.3) is 0 Å². The summed E-state index contributed by atoms with van der Waals surface area (Å²) in [6, 6.07) is 0. The van der Waals surface area contributed by atoms with E-state index in [0.29, 0.717) is 11.9 Å². The first-order chi connectivity index (χ1) is 9.78. The van der Waals surface area contributed by atoms with Crippen LogP contribution in [0.3, 0.4) is 0 Å². The first-order valence-electron chi connectivity index (χ1n) is 6.63. The van der Waals surface area contributed by atoms with Gasteiger partial charge in [-0.15, -0.1) is 0 Å². The lowest BCUT2D eigenvalue weighted by Gasteiger charge is -2.08. The third-order valence-corrected chi connectivity index (χ3v) is 2.75. The van der Waals surface area contributed by atoms with Gasteiger partial charge in [-0.1, -0.05) is 6.92 Å². The molecule has 7 nitrogen and oxygen atoms in total. The number of aryl methyl sites for hydroxylation is 1. The molecule has 2 rings (SSSR count). The van der Waals surface area contributed by atoms with E-state index in [-0.39, 0.29) is 5.28 Å². The molecule has 0 spiro atoms. The maximum Gasteiger partial charge on any atom is 0.228 e. The molecule has 0 radical (unpaired) electrons. The van der Waals surface area contributed by atoms with Gasteiger partial charge in [-0.2, -0.15) is 15.0 Å². The SMILES string of the molecule is CCCNc1nc(Cl)nc(NCCCn2ccnc2)n1. The Morgan fingerprint density at radius 3 is 2.55 bits per heavy atom. The fraction of sp³-hybridized carbons (Fsp3) is 0.500. The van der Waals surface area contributed by atoms with Gasteiger partial charge in [0.05, 0.1) is 6.33 Å². The summed E-state index contributed by atoms with van der Waals surface area (Å²) < 4.78 is 2.02. The maximum absolute atomic E-state index is 5.87. The van der Waals surface area contributed by atoms with Gasteiger partial charge in [-0.3, -0.25) is 0 Å². The average molecular weight is 296 g/mol. The van der Waals surface area contributed by atoms with Crippen molar-refractivity contribution in [3.63, 3.8) is 0 Å². The monoisotopic (exact) mass is 295 g/mol. The fourth-order valence-electron chi connectivity index (χ4n) is 1.63. The molecular weight excluding hydrogens is 278 g/mol. The van der Waals surface area contributed by atoms with E-state index in [1.165, 1.54) is 0 Å². The van der Waals surface area contributed by atoms with Crippen LogP contribution in [0.4, 0.5) is 11.9 Å². The number of nitrogens with zero attached hydrogens (tertiary/aromatic N) is 5. The van der Waals surface area contributed by atoms with E-state index in [1.54, 1.807) is 12.5 Å². The topological polar surface area (TPSA) is 80.5 Å². The Morgan fingerprint density at radius 2 is 1.90 bits per heavy atom. The predicted octanol–water partition coefficient (Wildman–Crippen LogP) is 2.05. The molecule has 2 N–H and O–H groups in total. The van der Waals surface area contributed by atoms with Gasteiger partial charge >= 0.3 is 0 Å². The average Bonchev–Trinajstić information content (AvgIpc) is 2.94. The highest BCUT2D eigenvalue weighted by atomic mass is 35.5. The third-order valence-electron chi connectivity index (χ3n) is 2.58. The molecule has 0 aromatic carbocycles. The molecule has 0 amide bonds. The van der Waals surface area contributed by atoms with Crippen LogP contribution in [0.1, 0.15) is 19.8 Å². The third kappa shape index (κ3) is 4.65. The summed E-state index contributed by atoms with van der Waals surface area (Å²) in [5.41, 5.74) is 0. The Balaban J connectivity index is 1.80. The molecule has 0 fully saturated rings. The summed E-state index contributed by atoms with van der Waals surface area (Å²) in [7, 11) is 0. The molecule has 108 valence electrons. The van der Waals surface area contributed by atoms with Crippen molar-refractivity contribution < 1.29 is 0 Å².